The summed E-state index contributed by atoms with van der Waals surface area (Å²) < 4.78 is 34.1. The van der Waals surface area contributed by atoms with Gasteiger partial charge in [0.15, 0.2) is 0 Å². The number of hydrogen-bond acceptors (Lipinski definition) is 8. The van der Waals surface area contributed by atoms with E-state index in [9.17, 15) is 22.8 Å². The van der Waals surface area contributed by atoms with E-state index in [2.05, 4.69) is 5.32 Å². The Morgan fingerprint density at radius 3 is 2.48 bits per heavy atom. The molecule has 0 unspecified atom stereocenters. The lowest BCUT2D eigenvalue weighted by Crippen LogP contribution is -2.48. The molecule has 0 saturated carbocycles. The zero-order valence-electron chi connectivity index (χ0n) is 19.3. The number of esters is 2. The number of carbonyl (C=O) groups excluding carboxylic acids is 3. The van der Waals surface area contributed by atoms with Gasteiger partial charge in [-0.1, -0.05) is 11.6 Å². The Bertz CT molecular complexity index is 1040. The van der Waals surface area contributed by atoms with Crippen molar-refractivity contribution < 1.29 is 32.3 Å². The van der Waals surface area contributed by atoms with Crippen LogP contribution in [0, 0.1) is 0 Å². The van der Waals surface area contributed by atoms with E-state index in [-0.39, 0.29) is 28.8 Å². The fraction of sp³-hybridized carbons (Fsp3) is 0.571. The molecule has 1 aliphatic rings. The van der Waals surface area contributed by atoms with Crippen LogP contribution in [0.25, 0.3) is 0 Å². The molecular weight excluding hydrogens is 474 g/mol. The van der Waals surface area contributed by atoms with E-state index in [1.54, 1.807) is 34.6 Å². The molecule has 3 N–H and O–H groups in total. The summed E-state index contributed by atoms with van der Waals surface area (Å²) in [6, 6.07) is 0.623. The molecule has 1 amide bonds. The molecule has 2 atom stereocenters. The molecule has 33 heavy (non-hydrogen) atoms. The smallest absolute Gasteiger partial charge is 0.340 e. The van der Waals surface area contributed by atoms with Crippen molar-refractivity contribution in [2.24, 2.45) is 5.14 Å². The summed E-state index contributed by atoms with van der Waals surface area (Å²) in [4.78, 5) is 39.1. The van der Waals surface area contributed by atoms with Crippen LogP contribution in [0.4, 0.5) is 5.69 Å². The van der Waals surface area contributed by atoms with Crippen LogP contribution in [0.1, 0.15) is 57.8 Å². The zero-order chi connectivity index (χ0) is 25.1. The molecule has 0 spiro atoms. The van der Waals surface area contributed by atoms with E-state index >= 15 is 0 Å². The molecule has 1 heterocycles. The highest BCUT2D eigenvalue weighted by Crippen LogP contribution is 2.30. The van der Waals surface area contributed by atoms with Gasteiger partial charge in [-0.15, -0.1) is 0 Å². The van der Waals surface area contributed by atoms with Crippen LogP contribution in [0.3, 0.4) is 0 Å². The molecule has 0 aromatic heterocycles. The average Bonchev–Trinajstić information content (AvgIpc) is 3.15. The maximum absolute atomic E-state index is 13.1. The topological polar surface area (TPSA) is 145 Å². The molecule has 1 aromatic carbocycles. The number of sulfonamides is 1. The summed E-state index contributed by atoms with van der Waals surface area (Å²) >= 11 is 6.08. The Balaban J connectivity index is 2.32. The second-order valence-electron chi connectivity index (χ2n) is 8.68. The van der Waals surface area contributed by atoms with Crippen LogP contribution in [-0.4, -0.2) is 62.0 Å². The number of amides is 1. The third-order valence-electron chi connectivity index (χ3n) is 4.83. The maximum Gasteiger partial charge on any atom is 0.340 e. The van der Waals surface area contributed by atoms with Gasteiger partial charge >= 0.3 is 11.9 Å². The first kappa shape index (κ1) is 26.9. The Labute approximate surface area is 198 Å². The Kier molecular flexibility index (Phi) is 8.36. The first-order valence-corrected chi connectivity index (χ1v) is 12.4. The number of nitrogens with zero attached hydrogens (tertiary/aromatic N) is 1. The van der Waals surface area contributed by atoms with Crippen molar-refractivity contribution in [3.63, 3.8) is 0 Å². The second-order valence-corrected chi connectivity index (χ2v) is 10.6. The van der Waals surface area contributed by atoms with Crippen molar-refractivity contribution in [2.45, 2.75) is 70.0 Å². The van der Waals surface area contributed by atoms with E-state index in [4.69, 9.17) is 26.2 Å². The molecule has 1 saturated heterocycles. The number of likely N-dealkylation sites (tertiary alicyclic amines) is 1. The van der Waals surface area contributed by atoms with Crippen LogP contribution in [0.5, 0.6) is 0 Å². The van der Waals surface area contributed by atoms with E-state index in [1.807, 2.05) is 0 Å². The highest BCUT2D eigenvalue weighted by Gasteiger charge is 2.38. The summed E-state index contributed by atoms with van der Waals surface area (Å²) in [5, 5.41) is 7.85. The Hall–Kier alpha value is -2.37. The largest absolute Gasteiger partial charge is 0.462 e. The van der Waals surface area contributed by atoms with E-state index in [1.165, 1.54) is 11.0 Å². The van der Waals surface area contributed by atoms with Gasteiger partial charge in [0, 0.05) is 6.54 Å². The van der Waals surface area contributed by atoms with Crippen molar-refractivity contribution >= 4 is 45.2 Å². The van der Waals surface area contributed by atoms with Crippen LogP contribution in [0.15, 0.2) is 17.0 Å². The lowest BCUT2D eigenvalue weighted by Gasteiger charge is -2.29. The minimum atomic E-state index is -4.21. The van der Waals surface area contributed by atoms with Gasteiger partial charge in [-0.3, -0.25) is 4.79 Å². The molecule has 10 nitrogen and oxygen atoms in total. The Morgan fingerprint density at radius 1 is 1.30 bits per heavy atom. The molecule has 184 valence electrons. The summed E-state index contributed by atoms with van der Waals surface area (Å²) in [6.45, 7) is 8.84. The van der Waals surface area contributed by atoms with Gasteiger partial charge in [0.05, 0.1) is 22.9 Å². The zero-order valence-corrected chi connectivity index (χ0v) is 20.9. The van der Waals surface area contributed by atoms with Gasteiger partial charge in [0.25, 0.3) is 0 Å². The van der Waals surface area contributed by atoms with Gasteiger partial charge < -0.3 is 19.7 Å². The first-order valence-electron chi connectivity index (χ1n) is 10.5. The number of nitrogens with one attached hydrogen (secondary N) is 1. The number of rotatable bonds is 7. The maximum atomic E-state index is 13.1. The molecule has 0 bridgehead atoms. The monoisotopic (exact) mass is 503 g/mol. The van der Waals surface area contributed by atoms with Crippen molar-refractivity contribution in [1.29, 1.82) is 0 Å². The third kappa shape index (κ3) is 6.81. The fourth-order valence-corrected chi connectivity index (χ4v) is 4.56. The van der Waals surface area contributed by atoms with Crippen LogP contribution < -0.4 is 10.5 Å². The SMILES string of the molecule is CCOC(=O)c1cc(S(N)(=O)=O)c(Cl)cc1N[C@@H](C)C(=O)N1CCC[C@H]1C(=O)OC(C)(C)C. The highest BCUT2D eigenvalue weighted by molar-refractivity contribution is 7.89. The van der Waals surface area contributed by atoms with Gasteiger partial charge in [-0.05, 0) is 59.6 Å². The third-order valence-corrected chi connectivity index (χ3v) is 6.21. The summed E-state index contributed by atoms with van der Waals surface area (Å²) in [5.41, 5.74) is -0.732. The first-order chi connectivity index (χ1) is 15.2. The predicted octanol–water partition coefficient (Wildman–Crippen LogP) is 2.30. The number of halogens is 1. The standard InChI is InChI=1S/C21H30ClN3O7S/c1-6-31-19(27)13-10-17(33(23,29)30)14(22)11-15(13)24-12(2)18(26)25-9-7-8-16(25)20(28)32-21(3,4)5/h10-12,16,24H,6-9H2,1-5H3,(H2,23,29,30)/t12-,16-/m0/s1. The number of carbonyl (C=O) groups is 3. The molecule has 2 rings (SSSR count). The highest BCUT2D eigenvalue weighted by atomic mass is 35.5. The fourth-order valence-electron chi connectivity index (χ4n) is 3.46. The van der Waals surface area contributed by atoms with Crippen LogP contribution >= 0.6 is 11.6 Å². The minimum absolute atomic E-state index is 0.0471. The lowest BCUT2D eigenvalue weighted by atomic mass is 10.1. The predicted molar refractivity (Wildman–Crippen MR) is 122 cm³/mol. The lowest BCUT2D eigenvalue weighted by molar-refractivity contribution is -0.163. The van der Waals surface area contributed by atoms with Crippen LogP contribution in [-0.2, 0) is 29.1 Å². The number of benzene rings is 1. The van der Waals surface area contributed by atoms with Gasteiger partial charge in [0.2, 0.25) is 15.9 Å². The van der Waals surface area contributed by atoms with E-state index in [0.717, 1.165) is 6.07 Å². The quantitative estimate of drug-likeness (QED) is 0.539. The Morgan fingerprint density at radius 2 is 1.94 bits per heavy atom. The van der Waals surface area contributed by atoms with Crippen molar-refractivity contribution in [3.05, 3.63) is 22.7 Å². The van der Waals surface area contributed by atoms with Crippen LogP contribution in [0.2, 0.25) is 5.02 Å². The number of hydrogen-bond donors (Lipinski definition) is 2. The van der Waals surface area contributed by atoms with Crippen molar-refractivity contribution in [3.8, 4) is 0 Å². The summed E-state index contributed by atoms with van der Waals surface area (Å²) in [5.74, 6) is -1.67. The van der Waals surface area contributed by atoms with Crippen molar-refractivity contribution in [1.82, 2.24) is 4.90 Å². The normalized spacial score (nSPS) is 17.4. The van der Waals surface area contributed by atoms with Gasteiger partial charge in [-0.2, -0.15) is 0 Å². The molecule has 1 fully saturated rings. The number of anilines is 1. The molecule has 0 aliphatic carbocycles. The van der Waals surface area contributed by atoms with E-state index < -0.39 is 44.5 Å². The van der Waals surface area contributed by atoms with E-state index in [0.29, 0.717) is 19.4 Å². The molecule has 1 aliphatic heterocycles. The summed E-state index contributed by atoms with van der Waals surface area (Å²) in [6.07, 6.45) is 1.13. The van der Waals surface area contributed by atoms with Crippen molar-refractivity contribution in [2.75, 3.05) is 18.5 Å². The number of nitrogens with two attached hydrogens (primary N) is 1. The molecule has 1 aromatic rings. The molecule has 0 radical (unpaired) electrons. The number of ether oxygens (including phenoxy) is 2. The average molecular weight is 504 g/mol. The summed E-state index contributed by atoms with van der Waals surface area (Å²) in [7, 11) is -4.21. The molecule has 12 heteroatoms. The minimum Gasteiger partial charge on any atom is -0.462 e. The number of primary sulfonamides is 1. The van der Waals surface area contributed by atoms with Gasteiger partial charge in [-0.25, -0.2) is 23.1 Å². The van der Waals surface area contributed by atoms with Gasteiger partial charge in [0.1, 0.15) is 22.6 Å². The second kappa shape index (κ2) is 10.3. The molecular formula is C21H30ClN3O7S.